The molecule has 3 heteroatoms. The number of hydrogen-bond acceptors (Lipinski definition) is 3. The number of carbonyl (C=O) groups is 1. The maximum Gasteiger partial charge on any atom is 0.174 e. The summed E-state index contributed by atoms with van der Waals surface area (Å²) in [4.78, 5) is 12.1. The molecule has 126 valence electrons. The van der Waals surface area contributed by atoms with Crippen LogP contribution >= 0.6 is 0 Å². The van der Waals surface area contributed by atoms with Gasteiger partial charge in [-0.3, -0.25) is 4.79 Å². The van der Waals surface area contributed by atoms with Gasteiger partial charge in [-0.2, -0.15) is 0 Å². The maximum atomic E-state index is 12.1. The van der Waals surface area contributed by atoms with Gasteiger partial charge in [0.1, 0.15) is 12.4 Å². The van der Waals surface area contributed by atoms with Crippen molar-refractivity contribution in [3.05, 3.63) is 90.0 Å². The molecule has 3 aromatic rings. The summed E-state index contributed by atoms with van der Waals surface area (Å²) in [6.45, 7) is 2.09. The van der Waals surface area contributed by atoms with Crippen LogP contribution in [0.4, 0.5) is 11.4 Å². The second-order valence-electron chi connectivity index (χ2n) is 6.01. The molecule has 0 saturated carbocycles. The third-order valence-corrected chi connectivity index (χ3v) is 3.81. The molecule has 3 rings (SSSR count). The minimum atomic E-state index is 0.0604. The molecule has 3 aromatic carbocycles. The van der Waals surface area contributed by atoms with Crippen LogP contribution in [-0.4, -0.2) is 12.4 Å². The zero-order valence-corrected chi connectivity index (χ0v) is 14.2. The number of ketones is 1. The van der Waals surface area contributed by atoms with Crippen LogP contribution in [0.15, 0.2) is 78.9 Å². The van der Waals surface area contributed by atoms with Crippen molar-refractivity contribution in [3.8, 4) is 5.75 Å². The molecule has 0 atom stereocenters. The summed E-state index contributed by atoms with van der Waals surface area (Å²) in [5.41, 5.74) is 4.14. The molecule has 0 unspecified atom stereocenters. The Morgan fingerprint density at radius 3 is 2.32 bits per heavy atom. The molecule has 0 fully saturated rings. The lowest BCUT2D eigenvalue weighted by molar-refractivity contribution is -0.120. The number of Topliss-reactive ketones (excluding diaryl/α,β-unsaturated/α-hetero) is 1. The van der Waals surface area contributed by atoms with Gasteiger partial charge in [-0.15, -0.1) is 0 Å². The molecule has 0 heterocycles. The van der Waals surface area contributed by atoms with Gasteiger partial charge in [-0.1, -0.05) is 42.5 Å². The van der Waals surface area contributed by atoms with E-state index in [2.05, 4.69) is 5.32 Å². The zero-order valence-electron chi connectivity index (χ0n) is 14.2. The zero-order chi connectivity index (χ0) is 17.5. The van der Waals surface area contributed by atoms with Gasteiger partial charge in [-0.05, 0) is 54.4 Å². The monoisotopic (exact) mass is 331 g/mol. The summed E-state index contributed by atoms with van der Waals surface area (Å²) >= 11 is 0. The van der Waals surface area contributed by atoms with E-state index in [0.717, 1.165) is 28.3 Å². The van der Waals surface area contributed by atoms with Crippen molar-refractivity contribution in [1.82, 2.24) is 0 Å². The highest BCUT2D eigenvalue weighted by Gasteiger charge is 2.06. The molecule has 0 aliphatic heterocycles. The van der Waals surface area contributed by atoms with Crippen molar-refractivity contribution in [2.75, 3.05) is 11.9 Å². The van der Waals surface area contributed by atoms with Gasteiger partial charge in [-0.25, -0.2) is 0 Å². The minimum absolute atomic E-state index is 0.0604. The number of para-hydroxylation sites is 1. The second-order valence-corrected chi connectivity index (χ2v) is 6.01. The lowest BCUT2D eigenvalue weighted by Gasteiger charge is -2.08. The number of nitrogens with one attached hydrogen (secondary N) is 1. The van der Waals surface area contributed by atoms with Crippen molar-refractivity contribution in [2.45, 2.75) is 13.3 Å². The lowest BCUT2D eigenvalue weighted by atomic mass is 10.1. The minimum Gasteiger partial charge on any atom is -0.486 e. The average Bonchev–Trinajstić information content (AvgIpc) is 2.63. The van der Waals surface area contributed by atoms with E-state index in [1.807, 2.05) is 85.8 Å². The van der Waals surface area contributed by atoms with Crippen LogP contribution in [0.25, 0.3) is 0 Å². The maximum absolute atomic E-state index is 12.1. The average molecular weight is 331 g/mol. The van der Waals surface area contributed by atoms with Crippen molar-refractivity contribution in [1.29, 1.82) is 0 Å². The van der Waals surface area contributed by atoms with Gasteiger partial charge in [0, 0.05) is 17.8 Å². The standard InChI is InChI=1S/C22H21NO2/c1-17-6-5-9-22(14-17)25-16-21(24)15-18-10-12-20(13-11-18)23-19-7-3-2-4-8-19/h2-14,23H,15-16H2,1H3. The fourth-order valence-electron chi connectivity index (χ4n) is 2.54. The van der Waals surface area contributed by atoms with E-state index in [0.29, 0.717) is 6.42 Å². The van der Waals surface area contributed by atoms with Crippen LogP contribution in [0, 0.1) is 6.92 Å². The quantitative estimate of drug-likeness (QED) is 0.667. The van der Waals surface area contributed by atoms with Crippen molar-refractivity contribution >= 4 is 17.2 Å². The Hall–Kier alpha value is -3.07. The first kappa shape index (κ1) is 16.8. The Bertz CT molecular complexity index is 826. The number of benzene rings is 3. The molecule has 0 aromatic heterocycles. The van der Waals surface area contributed by atoms with E-state index in [9.17, 15) is 4.79 Å². The van der Waals surface area contributed by atoms with Crippen LogP contribution < -0.4 is 10.1 Å². The van der Waals surface area contributed by atoms with E-state index < -0.39 is 0 Å². The summed E-state index contributed by atoms with van der Waals surface area (Å²) in [5, 5.41) is 3.33. The SMILES string of the molecule is Cc1cccc(OCC(=O)Cc2ccc(Nc3ccccc3)cc2)c1. The van der Waals surface area contributed by atoms with E-state index in [4.69, 9.17) is 4.74 Å². The summed E-state index contributed by atoms with van der Waals surface area (Å²) in [5.74, 6) is 0.793. The number of anilines is 2. The lowest BCUT2D eigenvalue weighted by Crippen LogP contribution is -2.13. The highest BCUT2D eigenvalue weighted by atomic mass is 16.5. The van der Waals surface area contributed by atoms with Crippen LogP contribution in [0.1, 0.15) is 11.1 Å². The first-order valence-corrected chi connectivity index (χ1v) is 8.31. The van der Waals surface area contributed by atoms with Crippen LogP contribution in [0.5, 0.6) is 5.75 Å². The molecule has 0 saturated heterocycles. The molecule has 0 aliphatic carbocycles. The Morgan fingerprint density at radius 2 is 1.60 bits per heavy atom. The van der Waals surface area contributed by atoms with Gasteiger partial charge >= 0.3 is 0 Å². The van der Waals surface area contributed by atoms with Crippen molar-refractivity contribution < 1.29 is 9.53 Å². The van der Waals surface area contributed by atoms with E-state index in [-0.39, 0.29) is 12.4 Å². The Labute approximate surface area is 148 Å². The predicted molar refractivity (Wildman–Crippen MR) is 102 cm³/mol. The fourth-order valence-corrected chi connectivity index (χ4v) is 2.54. The third-order valence-electron chi connectivity index (χ3n) is 3.81. The highest BCUT2D eigenvalue weighted by Crippen LogP contribution is 2.17. The summed E-state index contributed by atoms with van der Waals surface area (Å²) in [7, 11) is 0. The second kappa shape index (κ2) is 8.15. The highest BCUT2D eigenvalue weighted by molar-refractivity contribution is 5.82. The third kappa shape index (κ3) is 5.21. The van der Waals surface area contributed by atoms with Crippen LogP contribution in [0.2, 0.25) is 0 Å². The fraction of sp³-hybridized carbons (Fsp3) is 0.136. The van der Waals surface area contributed by atoms with Gasteiger partial charge in [0.25, 0.3) is 0 Å². The largest absolute Gasteiger partial charge is 0.486 e. The molecule has 1 N–H and O–H groups in total. The predicted octanol–water partition coefficient (Wildman–Crippen LogP) is 4.93. The van der Waals surface area contributed by atoms with E-state index in [1.165, 1.54) is 0 Å². The van der Waals surface area contributed by atoms with E-state index in [1.54, 1.807) is 0 Å². The smallest absolute Gasteiger partial charge is 0.174 e. The normalized spacial score (nSPS) is 10.3. The number of carbonyl (C=O) groups excluding carboxylic acids is 1. The summed E-state index contributed by atoms with van der Waals surface area (Å²) in [6, 6.07) is 25.6. The Kier molecular flexibility index (Phi) is 5.47. The molecular formula is C22H21NO2. The number of ether oxygens (including phenoxy) is 1. The summed E-state index contributed by atoms with van der Waals surface area (Å²) < 4.78 is 5.56. The van der Waals surface area contributed by atoms with Gasteiger partial charge in [0.05, 0.1) is 0 Å². The molecule has 0 radical (unpaired) electrons. The topological polar surface area (TPSA) is 38.3 Å². The van der Waals surface area contributed by atoms with E-state index >= 15 is 0 Å². The number of aryl methyl sites for hydroxylation is 1. The molecule has 0 bridgehead atoms. The van der Waals surface area contributed by atoms with Crippen LogP contribution in [-0.2, 0) is 11.2 Å². The van der Waals surface area contributed by atoms with Gasteiger partial charge < -0.3 is 10.1 Å². The molecule has 3 nitrogen and oxygen atoms in total. The first-order chi connectivity index (χ1) is 12.2. The van der Waals surface area contributed by atoms with Crippen molar-refractivity contribution in [2.24, 2.45) is 0 Å². The van der Waals surface area contributed by atoms with Gasteiger partial charge in [0.15, 0.2) is 5.78 Å². The van der Waals surface area contributed by atoms with Gasteiger partial charge in [0.2, 0.25) is 0 Å². The van der Waals surface area contributed by atoms with Crippen molar-refractivity contribution in [3.63, 3.8) is 0 Å². The molecule has 0 aliphatic rings. The van der Waals surface area contributed by atoms with Crippen LogP contribution in [0.3, 0.4) is 0 Å². The first-order valence-electron chi connectivity index (χ1n) is 8.31. The Balaban J connectivity index is 1.51. The molecule has 0 amide bonds. The molecule has 25 heavy (non-hydrogen) atoms. The summed E-state index contributed by atoms with van der Waals surface area (Å²) in [6.07, 6.45) is 0.372. The molecule has 0 spiro atoms. The number of hydrogen-bond donors (Lipinski definition) is 1. The Morgan fingerprint density at radius 1 is 0.880 bits per heavy atom. The number of rotatable bonds is 7. The molecular weight excluding hydrogens is 310 g/mol.